The lowest BCUT2D eigenvalue weighted by Crippen LogP contribution is -2.50. The Bertz CT molecular complexity index is 363. The zero-order valence-corrected chi connectivity index (χ0v) is 9.44. The quantitative estimate of drug-likeness (QED) is 0.830. The van der Waals surface area contributed by atoms with E-state index >= 15 is 0 Å². The van der Waals surface area contributed by atoms with Crippen molar-refractivity contribution in [2.45, 2.75) is 11.8 Å². The summed E-state index contributed by atoms with van der Waals surface area (Å²) in [7, 11) is 2.37. The highest BCUT2D eigenvalue weighted by Crippen LogP contribution is 2.41. The highest BCUT2D eigenvalue weighted by molar-refractivity contribution is 5.26. The molecule has 1 unspecified atom stereocenters. The highest BCUT2D eigenvalue weighted by Gasteiger charge is 2.56. The smallest absolute Gasteiger partial charge is 0.363 e. The van der Waals surface area contributed by atoms with Crippen molar-refractivity contribution in [1.29, 1.82) is 0 Å². The number of halogens is 4. The second-order valence-corrected chi connectivity index (χ2v) is 3.57. The largest absolute Gasteiger partial charge is 0.422 e. The van der Waals surface area contributed by atoms with Gasteiger partial charge in [0.15, 0.2) is 0 Å². The fourth-order valence-electron chi connectivity index (χ4n) is 1.64. The molecular weight excluding hydrogens is 238 g/mol. The summed E-state index contributed by atoms with van der Waals surface area (Å²) in [4.78, 5) is 0. The Kier molecular flexibility index (Phi) is 4.11. The van der Waals surface area contributed by atoms with Gasteiger partial charge in [-0.05, 0) is 24.7 Å². The summed E-state index contributed by atoms with van der Waals surface area (Å²) in [6.45, 7) is -0.446. The predicted molar refractivity (Wildman–Crippen MR) is 55.1 cm³/mol. The second kappa shape index (κ2) is 5.01. The zero-order valence-electron chi connectivity index (χ0n) is 9.44. The molecule has 1 rings (SSSR count). The molecule has 0 fully saturated rings. The van der Waals surface area contributed by atoms with Gasteiger partial charge in [0.25, 0.3) is 0 Å². The van der Waals surface area contributed by atoms with Gasteiger partial charge in [-0.15, -0.1) is 0 Å². The van der Waals surface area contributed by atoms with E-state index in [0.717, 1.165) is 31.4 Å². The Hall–Kier alpha value is -1.14. The molecule has 1 aromatic rings. The van der Waals surface area contributed by atoms with Gasteiger partial charge in [-0.3, -0.25) is 0 Å². The number of ether oxygens (including phenoxy) is 1. The van der Waals surface area contributed by atoms with Gasteiger partial charge in [-0.2, -0.15) is 13.2 Å². The van der Waals surface area contributed by atoms with Gasteiger partial charge >= 0.3 is 6.18 Å². The summed E-state index contributed by atoms with van der Waals surface area (Å²) in [5, 5.41) is 2.44. The van der Waals surface area contributed by atoms with E-state index in [1.54, 1.807) is 0 Å². The summed E-state index contributed by atoms with van der Waals surface area (Å²) in [6.07, 6.45) is -4.59. The third-order valence-corrected chi connectivity index (χ3v) is 2.54. The first-order chi connectivity index (χ1) is 7.87. The molecule has 2 nitrogen and oxygen atoms in total. The maximum Gasteiger partial charge on any atom is 0.422 e. The molecule has 0 heterocycles. The minimum Gasteiger partial charge on any atom is -0.363 e. The van der Waals surface area contributed by atoms with Crippen LogP contribution in [0, 0.1) is 5.82 Å². The summed E-state index contributed by atoms with van der Waals surface area (Å²) in [5.41, 5.74) is -2.60. The number of methoxy groups -OCH3 is 1. The van der Waals surface area contributed by atoms with Crippen LogP contribution in [0.1, 0.15) is 5.56 Å². The van der Waals surface area contributed by atoms with Crippen molar-refractivity contribution in [2.75, 3.05) is 20.7 Å². The predicted octanol–water partition coefficient (Wildman–Crippen LogP) is 2.45. The van der Waals surface area contributed by atoms with Crippen LogP contribution in [-0.4, -0.2) is 26.9 Å². The topological polar surface area (TPSA) is 21.3 Å². The summed E-state index contributed by atoms with van der Waals surface area (Å²) < 4.78 is 56.7. The zero-order chi connectivity index (χ0) is 13.1. The van der Waals surface area contributed by atoms with E-state index < -0.39 is 24.1 Å². The van der Waals surface area contributed by atoms with Crippen molar-refractivity contribution >= 4 is 0 Å². The van der Waals surface area contributed by atoms with Gasteiger partial charge in [0.05, 0.1) is 0 Å². The fraction of sp³-hybridized carbons (Fsp3) is 0.455. The lowest BCUT2D eigenvalue weighted by atomic mass is 9.92. The SMILES string of the molecule is CNCC(OC)(c1ccc(F)cc1)C(F)(F)F. The average Bonchev–Trinajstić information content (AvgIpc) is 2.25. The van der Waals surface area contributed by atoms with E-state index in [2.05, 4.69) is 10.1 Å². The van der Waals surface area contributed by atoms with E-state index in [4.69, 9.17) is 0 Å². The molecule has 0 aliphatic heterocycles. The van der Waals surface area contributed by atoms with E-state index in [1.807, 2.05) is 0 Å². The first-order valence-corrected chi connectivity index (χ1v) is 4.90. The van der Waals surface area contributed by atoms with Crippen molar-refractivity contribution in [2.24, 2.45) is 0 Å². The Labute approximate surface area is 96.6 Å². The van der Waals surface area contributed by atoms with Crippen LogP contribution in [0.3, 0.4) is 0 Å². The van der Waals surface area contributed by atoms with Crippen molar-refractivity contribution in [1.82, 2.24) is 5.32 Å². The molecule has 1 aromatic carbocycles. The molecule has 0 radical (unpaired) electrons. The number of alkyl halides is 3. The molecular formula is C11H13F4NO. The molecule has 96 valence electrons. The molecule has 0 saturated heterocycles. The van der Waals surface area contributed by atoms with Crippen LogP contribution in [0.4, 0.5) is 17.6 Å². The Morgan fingerprint density at radius 3 is 2.06 bits per heavy atom. The summed E-state index contributed by atoms with van der Waals surface area (Å²) in [6, 6.07) is 4.10. The molecule has 1 atom stereocenters. The van der Waals surface area contributed by atoms with Crippen molar-refractivity contribution in [3.63, 3.8) is 0 Å². The third kappa shape index (κ3) is 2.58. The van der Waals surface area contributed by atoms with Gasteiger partial charge in [-0.1, -0.05) is 12.1 Å². The van der Waals surface area contributed by atoms with Gasteiger partial charge in [0, 0.05) is 13.7 Å². The van der Waals surface area contributed by atoms with E-state index in [-0.39, 0.29) is 5.56 Å². The van der Waals surface area contributed by atoms with Crippen LogP contribution in [0.25, 0.3) is 0 Å². The lowest BCUT2D eigenvalue weighted by Gasteiger charge is -2.34. The van der Waals surface area contributed by atoms with E-state index in [1.165, 1.54) is 7.05 Å². The summed E-state index contributed by atoms with van der Waals surface area (Å²) in [5.74, 6) is -0.592. The molecule has 0 aliphatic rings. The Morgan fingerprint density at radius 2 is 1.71 bits per heavy atom. The van der Waals surface area contributed by atoms with Crippen molar-refractivity contribution < 1.29 is 22.3 Å². The van der Waals surface area contributed by atoms with Gasteiger partial charge in [0.1, 0.15) is 5.82 Å². The molecule has 17 heavy (non-hydrogen) atoms. The number of hydrogen-bond donors (Lipinski definition) is 1. The number of hydrogen-bond acceptors (Lipinski definition) is 2. The fourth-order valence-corrected chi connectivity index (χ4v) is 1.64. The highest BCUT2D eigenvalue weighted by atomic mass is 19.4. The molecule has 0 spiro atoms. The van der Waals surface area contributed by atoms with Crippen LogP contribution in [0.5, 0.6) is 0 Å². The van der Waals surface area contributed by atoms with Crippen molar-refractivity contribution in [3.05, 3.63) is 35.6 Å². The number of nitrogens with one attached hydrogen (secondary N) is 1. The molecule has 0 bridgehead atoms. The van der Waals surface area contributed by atoms with Crippen LogP contribution in [0.2, 0.25) is 0 Å². The normalized spacial score (nSPS) is 15.6. The van der Waals surface area contributed by atoms with E-state index in [0.29, 0.717) is 0 Å². The van der Waals surface area contributed by atoms with E-state index in [9.17, 15) is 17.6 Å². The monoisotopic (exact) mass is 251 g/mol. The van der Waals surface area contributed by atoms with Gasteiger partial charge in [0.2, 0.25) is 5.60 Å². The van der Waals surface area contributed by atoms with Crippen LogP contribution >= 0.6 is 0 Å². The minimum absolute atomic E-state index is 0.136. The second-order valence-electron chi connectivity index (χ2n) is 3.57. The maximum atomic E-state index is 13.1. The van der Waals surface area contributed by atoms with Gasteiger partial charge in [-0.25, -0.2) is 4.39 Å². The Morgan fingerprint density at radius 1 is 1.18 bits per heavy atom. The number of rotatable bonds is 4. The molecule has 1 N–H and O–H groups in total. The number of likely N-dealkylation sites (N-methyl/N-ethyl adjacent to an activating group) is 1. The molecule has 0 amide bonds. The molecule has 0 saturated carbocycles. The number of benzene rings is 1. The van der Waals surface area contributed by atoms with Crippen LogP contribution in [-0.2, 0) is 10.3 Å². The standard InChI is InChI=1S/C11H13F4NO/c1-16-7-10(17-2,11(13,14)15)8-3-5-9(12)6-4-8/h3-6,16H,7H2,1-2H3. The Balaban J connectivity index is 3.26. The van der Waals surface area contributed by atoms with Crippen LogP contribution < -0.4 is 5.32 Å². The molecule has 0 aromatic heterocycles. The van der Waals surface area contributed by atoms with Gasteiger partial charge < -0.3 is 10.1 Å². The third-order valence-electron chi connectivity index (χ3n) is 2.54. The maximum absolute atomic E-state index is 13.1. The molecule has 0 aliphatic carbocycles. The minimum atomic E-state index is -4.59. The van der Waals surface area contributed by atoms with Crippen molar-refractivity contribution in [3.8, 4) is 0 Å². The van der Waals surface area contributed by atoms with Crippen LogP contribution in [0.15, 0.2) is 24.3 Å². The lowest BCUT2D eigenvalue weighted by molar-refractivity contribution is -0.274. The average molecular weight is 251 g/mol. The summed E-state index contributed by atoms with van der Waals surface area (Å²) >= 11 is 0. The first kappa shape index (κ1) is 13.9. The molecule has 6 heteroatoms. The first-order valence-electron chi connectivity index (χ1n) is 4.90.